The number of anilines is 1. The predicted molar refractivity (Wildman–Crippen MR) is 115 cm³/mol. The van der Waals surface area contributed by atoms with Gasteiger partial charge in [0.2, 0.25) is 11.8 Å². The first-order chi connectivity index (χ1) is 15.6. The summed E-state index contributed by atoms with van der Waals surface area (Å²) in [5.41, 5.74) is 0.667. The first-order valence-corrected chi connectivity index (χ1v) is 11.0. The van der Waals surface area contributed by atoms with E-state index in [1.54, 1.807) is 35.2 Å². The zero-order chi connectivity index (χ0) is 22.1. The van der Waals surface area contributed by atoms with Crippen molar-refractivity contribution in [2.75, 3.05) is 25.2 Å². The van der Waals surface area contributed by atoms with Gasteiger partial charge in [-0.2, -0.15) is 0 Å². The number of halogens is 1. The molecule has 2 aliphatic heterocycles. The molecule has 1 saturated heterocycles. The van der Waals surface area contributed by atoms with Crippen molar-refractivity contribution in [3.63, 3.8) is 0 Å². The Morgan fingerprint density at radius 1 is 1.06 bits per heavy atom. The van der Waals surface area contributed by atoms with E-state index in [4.69, 9.17) is 9.47 Å². The highest BCUT2D eigenvalue weighted by atomic mass is 32.1. The van der Waals surface area contributed by atoms with Crippen molar-refractivity contribution in [1.29, 1.82) is 0 Å². The summed E-state index contributed by atoms with van der Waals surface area (Å²) >= 11 is 1.25. The highest BCUT2D eigenvalue weighted by Crippen LogP contribution is 2.35. The van der Waals surface area contributed by atoms with Gasteiger partial charge in [0.05, 0.1) is 5.56 Å². The molecule has 164 valence electrons. The van der Waals surface area contributed by atoms with Crippen LogP contribution in [-0.2, 0) is 0 Å². The summed E-state index contributed by atoms with van der Waals surface area (Å²) in [5.74, 6) is 0.159. The molecule has 0 unspecified atom stereocenters. The topological polar surface area (TPSA) is 93.7 Å². The molecular formula is C22H19FN4O4S. The fourth-order valence-corrected chi connectivity index (χ4v) is 4.69. The van der Waals surface area contributed by atoms with Crippen LogP contribution in [0, 0.1) is 5.82 Å². The van der Waals surface area contributed by atoms with Crippen LogP contribution >= 0.6 is 11.3 Å². The number of nitrogens with one attached hydrogen (secondary N) is 1. The third-order valence-corrected chi connectivity index (χ3v) is 6.59. The van der Waals surface area contributed by atoms with Crippen molar-refractivity contribution < 1.29 is 23.5 Å². The molecule has 3 heterocycles. The molecule has 8 nitrogen and oxygen atoms in total. The number of fused-ring (bicyclic) bond motifs is 1. The summed E-state index contributed by atoms with van der Waals surface area (Å²) in [5, 5.41) is 12.1. The molecule has 32 heavy (non-hydrogen) atoms. The van der Waals surface area contributed by atoms with Gasteiger partial charge in [-0.1, -0.05) is 23.5 Å². The molecule has 0 bridgehead atoms. The number of amides is 2. The third kappa shape index (κ3) is 4.01. The number of likely N-dealkylation sites (tertiary alicyclic amines) is 1. The van der Waals surface area contributed by atoms with E-state index < -0.39 is 5.82 Å². The minimum Gasteiger partial charge on any atom is -0.454 e. The second-order valence-corrected chi connectivity index (χ2v) is 8.52. The van der Waals surface area contributed by atoms with Gasteiger partial charge >= 0.3 is 0 Å². The van der Waals surface area contributed by atoms with Gasteiger partial charge in [0.1, 0.15) is 10.8 Å². The molecule has 2 aromatic carbocycles. The molecule has 0 aliphatic carbocycles. The highest BCUT2D eigenvalue weighted by Gasteiger charge is 2.28. The molecule has 2 aliphatic rings. The van der Waals surface area contributed by atoms with Crippen LogP contribution in [0.15, 0.2) is 42.5 Å². The van der Waals surface area contributed by atoms with Gasteiger partial charge in [-0.05, 0) is 37.1 Å². The number of hydrogen-bond donors (Lipinski definition) is 1. The van der Waals surface area contributed by atoms with Crippen molar-refractivity contribution in [2.45, 2.75) is 18.8 Å². The maximum absolute atomic E-state index is 13.9. The summed E-state index contributed by atoms with van der Waals surface area (Å²) in [6.45, 7) is 1.16. The molecule has 1 N–H and O–H groups in total. The first-order valence-electron chi connectivity index (χ1n) is 10.2. The van der Waals surface area contributed by atoms with Crippen LogP contribution in [0.3, 0.4) is 0 Å². The largest absolute Gasteiger partial charge is 0.454 e. The lowest BCUT2D eigenvalue weighted by molar-refractivity contribution is 0.0708. The number of benzene rings is 2. The Morgan fingerprint density at radius 2 is 1.84 bits per heavy atom. The molecule has 0 radical (unpaired) electrons. The lowest BCUT2D eigenvalue weighted by Crippen LogP contribution is -2.38. The molecule has 2 amide bonds. The Hall–Kier alpha value is -3.53. The summed E-state index contributed by atoms with van der Waals surface area (Å²) in [4.78, 5) is 26.8. The fourth-order valence-electron chi connectivity index (χ4n) is 3.78. The van der Waals surface area contributed by atoms with E-state index in [2.05, 4.69) is 15.5 Å². The van der Waals surface area contributed by atoms with Gasteiger partial charge in [0.15, 0.2) is 11.5 Å². The predicted octanol–water partition coefficient (Wildman–Crippen LogP) is 3.68. The van der Waals surface area contributed by atoms with Crippen LogP contribution < -0.4 is 14.8 Å². The number of aromatic nitrogens is 2. The van der Waals surface area contributed by atoms with E-state index in [1.807, 2.05) is 0 Å². The van der Waals surface area contributed by atoms with Gasteiger partial charge in [0, 0.05) is 30.8 Å². The maximum atomic E-state index is 13.9. The molecule has 0 saturated carbocycles. The normalized spacial score (nSPS) is 15.6. The van der Waals surface area contributed by atoms with Crippen LogP contribution in [0.5, 0.6) is 11.5 Å². The molecular weight excluding hydrogens is 435 g/mol. The highest BCUT2D eigenvalue weighted by molar-refractivity contribution is 7.13. The number of ether oxygens (including phenoxy) is 2. The monoisotopic (exact) mass is 454 g/mol. The second kappa shape index (κ2) is 8.54. The Labute approximate surface area is 187 Å². The molecule has 0 spiro atoms. The summed E-state index contributed by atoms with van der Waals surface area (Å²) < 4.78 is 24.5. The number of carbonyl (C=O) groups excluding carboxylic acids is 2. The average Bonchev–Trinajstić information content (AvgIpc) is 3.49. The van der Waals surface area contributed by atoms with E-state index in [9.17, 15) is 14.0 Å². The second-order valence-electron chi connectivity index (χ2n) is 7.51. The standard InChI is InChI=1S/C22H19FN4O4S/c23-16-4-2-1-3-15(16)22(29)27-9-7-13(8-10-27)20-25-26-21(32-20)19(28)24-14-5-6-17-18(11-14)31-12-30-17/h1-6,11,13H,7-10,12H2,(H,24,28). The molecule has 3 aromatic rings. The minimum atomic E-state index is -0.512. The van der Waals surface area contributed by atoms with Crippen molar-refractivity contribution in [3.8, 4) is 11.5 Å². The van der Waals surface area contributed by atoms with Gasteiger partial charge in [-0.3, -0.25) is 9.59 Å². The molecule has 1 aromatic heterocycles. The van der Waals surface area contributed by atoms with Crippen molar-refractivity contribution in [1.82, 2.24) is 15.1 Å². The van der Waals surface area contributed by atoms with Crippen LogP contribution in [0.25, 0.3) is 0 Å². The van der Waals surface area contributed by atoms with E-state index in [0.29, 0.717) is 43.1 Å². The number of piperidine rings is 1. The lowest BCUT2D eigenvalue weighted by Gasteiger charge is -2.31. The number of nitrogens with zero attached hydrogens (tertiary/aromatic N) is 3. The summed E-state index contributed by atoms with van der Waals surface area (Å²) in [6.07, 6.45) is 1.36. The van der Waals surface area contributed by atoms with E-state index in [1.165, 1.54) is 23.5 Å². The molecule has 5 rings (SSSR count). The lowest BCUT2D eigenvalue weighted by atomic mass is 9.97. The third-order valence-electron chi connectivity index (χ3n) is 5.50. The zero-order valence-electron chi connectivity index (χ0n) is 16.9. The zero-order valence-corrected chi connectivity index (χ0v) is 17.7. The summed E-state index contributed by atoms with van der Waals surface area (Å²) in [6, 6.07) is 11.2. The van der Waals surface area contributed by atoms with Gasteiger partial charge in [-0.25, -0.2) is 4.39 Å². The van der Waals surface area contributed by atoms with Crippen molar-refractivity contribution >= 4 is 28.8 Å². The maximum Gasteiger partial charge on any atom is 0.286 e. The Bertz CT molecular complexity index is 1180. The Balaban J connectivity index is 1.20. The SMILES string of the molecule is O=C(Nc1ccc2c(c1)OCO2)c1nnc(C2CCN(C(=O)c3ccccc3F)CC2)s1. The first kappa shape index (κ1) is 20.4. The summed E-state index contributed by atoms with van der Waals surface area (Å²) in [7, 11) is 0. The quantitative estimate of drug-likeness (QED) is 0.647. The number of rotatable bonds is 4. The Kier molecular flexibility index (Phi) is 5.44. The van der Waals surface area contributed by atoms with Crippen LogP contribution in [0.2, 0.25) is 0 Å². The molecule has 0 atom stereocenters. The molecule has 10 heteroatoms. The Morgan fingerprint density at radius 3 is 2.66 bits per heavy atom. The average molecular weight is 454 g/mol. The minimum absolute atomic E-state index is 0.0874. The van der Waals surface area contributed by atoms with E-state index >= 15 is 0 Å². The number of hydrogen-bond acceptors (Lipinski definition) is 7. The van der Waals surface area contributed by atoms with Gasteiger partial charge in [0.25, 0.3) is 11.8 Å². The van der Waals surface area contributed by atoms with Crippen molar-refractivity contribution in [2.24, 2.45) is 0 Å². The van der Waals surface area contributed by atoms with E-state index in [-0.39, 0.29) is 35.1 Å². The van der Waals surface area contributed by atoms with Gasteiger partial charge in [-0.15, -0.1) is 10.2 Å². The van der Waals surface area contributed by atoms with Crippen LogP contribution in [-0.4, -0.2) is 46.8 Å². The van der Waals surface area contributed by atoms with E-state index in [0.717, 1.165) is 5.01 Å². The fraction of sp³-hybridized carbons (Fsp3) is 0.273. The molecule has 1 fully saturated rings. The van der Waals surface area contributed by atoms with Crippen LogP contribution in [0.4, 0.5) is 10.1 Å². The van der Waals surface area contributed by atoms with Gasteiger partial charge < -0.3 is 19.7 Å². The van der Waals surface area contributed by atoms with Crippen LogP contribution in [0.1, 0.15) is 43.9 Å². The van der Waals surface area contributed by atoms with Crippen molar-refractivity contribution in [3.05, 3.63) is 63.9 Å². The number of carbonyl (C=O) groups is 2. The smallest absolute Gasteiger partial charge is 0.286 e.